The number of nitrogens with two attached hydrogens (primary N) is 1. The highest BCUT2D eigenvalue weighted by atomic mass is 35.5. The van der Waals surface area contributed by atoms with E-state index in [9.17, 15) is 18.9 Å². The summed E-state index contributed by atoms with van der Waals surface area (Å²) in [7, 11) is 0. The zero-order chi connectivity index (χ0) is 11.6. The van der Waals surface area contributed by atoms with E-state index in [0.29, 0.717) is 0 Å². The topological polar surface area (TPSA) is 82.0 Å². The third kappa shape index (κ3) is 2.18. The predicted molar refractivity (Wildman–Crippen MR) is 48.7 cm³/mol. The summed E-state index contributed by atoms with van der Waals surface area (Å²) < 4.78 is 25.0. The molecule has 0 aliphatic rings. The molecule has 0 amide bonds. The molecule has 1 rings (SSSR count). The fourth-order valence-electron chi connectivity index (χ4n) is 1.09. The van der Waals surface area contributed by atoms with Gasteiger partial charge < -0.3 is 5.73 Å². The molecule has 1 heterocycles. The molecule has 0 radical (unpaired) electrons. The van der Waals surface area contributed by atoms with Gasteiger partial charge >= 0.3 is 0 Å². The number of nitro groups is 1. The molecule has 1 aromatic heterocycles. The summed E-state index contributed by atoms with van der Waals surface area (Å²) in [6.07, 6.45) is -2.04. The molecule has 0 aliphatic carbocycles. The van der Waals surface area contributed by atoms with Gasteiger partial charge in [-0.25, -0.2) is 13.8 Å². The standard InChI is InChI=1S/C7H6ClF2N3O2/c8-6-4(7(9)10)5(13(14)15)3(1-11)2-12-6/h2,7H,1,11H2. The van der Waals surface area contributed by atoms with Crippen LogP contribution >= 0.6 is 11.6 Å². The SMILES string of the molecule is NCc1cnc(Cl)c(C(F)F)c1[N+](=O)[O-]. The van der Waals surface area contributed by atoms with Crippen LogP contribution in [0.1, 0.15) is 17.6 Å². The van der Waals surface area contributed by atoms with E-state index in [2.05, 4.69) is 4.98 Å². The Morgan fingerprint density at radius 2 is 2.27 bits per heavy atom. The van der Waals surface area contributed by atoms with Crippen LogP contribution < -0.4 is 5.73 Å². The van der Waals surface area contributed by atoms with Gasteiger partial charge in [-0.2, -0.15) is 0 Å². The van der Waals surface area contributed by atoms with Gasteiger partial charge in [0, 0.05) is 12.7 Å². The molecule has 2 N–H and O–H groups in total. The molecule has 0 fully saturated rings. The smallest absolute Gasteiger partial charge is 0.287 e. The Morgan fingerprint density at radius 1 is 1.67 bits per heavy atom. The number of hydrogen-bond donors (Lipinski definition) is 1. The molecule has 0 saturated heterocycles. The van der Waals surface area contributed by atoms with Gasteiger partial charge in [-0.1, -0.05) is 11.6 Å². The van der Waals surface area contributed by atoms with Gasteiger partial charge in [0.05, 0.1) is 10.5 Å². The zero-order valence-corrected chi connectivity index (χ0v) is 8.04. The summed E-state index contributed by atoms with van der Waals surface area (Å²) in [4.78, 5) is 13.1. The maximum absolute atomic E-state index is 12.5. The molecule has 8 heteroatoms. The molecule has 0 aromatic carbocycles. The lowest BCUT2D eigenvalue weighted by atomic mass is 10.1. The quantitative estimate of drug-likeness (QED) is 0.495. The van der Waals surface area contributed by atoms with Crippen LogP contribution in [0.5, 0.6) is 0 Å². The first kappa shape index (κ1) is 11.7. The van der Waals surface area contributed by atoms with Crippen molar-refractivity contribution in [1.29, 1.82) is 0 Å². The van der Waals surface area contributed by atoms with Crippen molar-refractivity contribution in [2.45, 2.75) is 13.0 Å². The second kappa shape index (κ2) is 4.45. The number of rotatable bonds is 3. The lowest BCUT2D eigenvalue weighted by Gasteiger charge is -2.06. The Kier molecular flexibility index (Phi) is 3.48. The van der Waals surface area contributed by atoms with Crippen molar-refractivity contribution in [3.63, 3.8) is 0 Å². The Bertz CT molecular complexity index is 400. The molecule has 82 valence electrons. The highest BCUT2D eigenvalue weighted by molar-refractivity contribution is 6.30. The first-order valence-corrected chi connectivity index (χ1v) is 4.16. The zero-order valence-electron chi connectivity index (χ0n) is 7.28. The molecule has 15 heavy (non-hydrogen) atoms. The summed E-state index contributed by atoms with van der Waals surface area (Å²) in [6, 6.07) is 0. The third-order valence-corrected chi connectivity index (χ3v) is 2.04. The first-order chi connectivity index (χ1) is 6.99. The van der Waals surface area contributed by atoms with E-state index < -0.39 is 27.8 Å². The van der Waals surface area contributed by atoms with Gasteiger partial charge in [-0.15, -0.1) is 0 Å². The number of hydrogen-bond acceptors (Lipinski definition) is 4. The van der Waals surface area contributed by atoms with Crippen molar-refractivity contribution in [2.24, 2.45) is 5.73 Å². The summed E-state index contributed by atoms with van der Waals surface area (Å²) in [5, 5.41) is 10.0. The van der Waals surface area contributed by atoms with E-state index in [0.717, 1.165) is 6.20 Å². The minimum absolute atomic E-state index is 0.0697. The average molecular weight is 238 g/mol. The van der Waals surface area contributed by atoms with E-state index in [-0.39, 0.29) is 12.1 Å². The predicted octanol–water partition coefficient (Wildman–Crippen LogP) is 2.04. The Morgan fingerprint density at radius 3 is 2.67 bits per heavy atom. The third-order valence-electron chi connectivity index (χ3n) is 1.74. The minimum Gasteiger partial charge on any atom is -0.326 e. The molecule has 1 aromatic rings. The molecule has 5 nitrogen and oxygen atoms in total. The molecule has 0 aliphatic heterocycles. The van der Waals surface area contributed by atoms with Crippen molar-refractivity contribution in [2.75, 3.05) is 0 Å². The second-order valence-electron chi connectivity index (χ2n) is 2.60. The normalized spacial score (nSPS) is 10.7. The average Bonchev–Trinajstić information content (AvgIpc) is 2.16. The van der Waals surface area contributed by atoms with Gasteiger partial charge in [-0.05, 0) is 0 Å². The van der Waals surface area contributed by atoms with Crippen molar-refractivity contribution in [3.8, 4) is 0 Å². The van der Waals surface area contributed by atoms with Crippen molar-refractivity contribution in [3.05, 3.63) is 32.6 Å². The van der Waals surface area contributed by atoms with Crippen LogP contribution in [0, 0.1) is 10.1 Å². The van der Waals surface area contributed by atoms with Crippen LogP contribution in [-0.4, -0.2) is 9.91 Å². The van der Waals surface area contributed by atoms with Crippen LogP contribution in [0.2, 0.25) is 5.15 Å². The molecule has 0 saturated carbocycles. The second-order valence-corrected chi connectivity index (χ2v) is 2.96. The van der Waals surface area contributed by atoms with E-state index in [1.165, 1.54) is 0 Å². The van der Waals surface area contributed by atoms with Gasteiger partial charge in [0.15, 0.2) is 0 Å². The fourth-order valence-corrected chi connectivity index (χ4v) is 1.32. The lowest BCUT2D eigenvalue weighted by Crippen LogP contribution is -2.07. The molecule has 0 spiro atoms. The number of nitrogens with zero attached hydrogens (tertiary/aromatic N) is 2. The van der Waals surface area contributed by atoms with E-state index in [4.69, 9.17) is 17.3 Å². The van der Waals surface area contributed by atoms with Gasteiger partial charge in [0.1, 0.15) is 10.7 Å². The van der Waals surface area contributed by atoms with E-state index in [1.807, 2.05) is 0 Å². The Balaban J connectivity index is 3.51. The monoisotopic (exact) mass is 237 g/mol. The van der Waals surface area contributed by atoms with Crippen molar-refractivity contribution in [1.82, 2.24) is 4.98 Å². The number of alkyl halides is 2. The number of halogens is 3. The Hall–Kier alpha value is -1.34. The maximum Gasteiger partial charge on any atom is 0.287 e. The van der Waals surface area contributed by atoms with Gasteiger partial charge in [0.2, 0.25) is 0 Å². The van der Waals surface area contributed by atoms with Crippen LogP contribution in [0.3, 0.4) is 0 Å². The molecule has 0 bridgehead atoms. The van der Waals surface area contributed by atoms with Crippen LogP contribution in [-0.2, 0) is 6.54 Å². The summed E-state index contributed by atoms with van der Waals surface area (Å²) in [5.41, 5.74) is 3.46. The summed E-state index contributed by atoms with van der Waals surface area (Å²) in [6.45, 7) is -0.250. The molecule has 0 atom stereocenters. The highest BCUT2D eigenvalue weighted by Gasteiger charge is 2.29. The fraction of sp³-hybridized carbons (Fsp3) is 0.286. The Labute approximate surface area is 88.0 Å². The summed E-state index contributed by atoms with van der Waals surface area (Å²) >= 11 is 5.36. The van der Waals surface area contributed by atoms with Crippen LogP contribution in [0.25, 0.3) is 0 Å². The highest BCUT2D eigenvalue weighted by Crippen LogP contribution is 2.35. The van der Waals surface area contributed by atoms with Crippen LogP contribution in [0.4, 0.5) is 14.5 Å². The first-order valence-electron chi connectivity index (χ1n) is 3.79. The molecular weight excluding hydrogens is 232 g/mol. The summed E-state index contributed by atoms with van der Waals surface area (Å²) in [5.74, 6) is 0. The van der Waals surface area contributed by atoms with Gasteiger partial charge in [0.25, 0.3) is 12.1 Å². The van der Waals surface area contributed by atoms with Gasteiger partial charge in [-0.3, -0.25) is 10.1 Å². The maximum atomic E-state index is 12.5. The van der Waals surface area contributed by atoms with Crippen LogP contribution in [0.15, 0.2) is 6.20 Å². The molecular formula is C7H6ClF2N3O2. The van der Waals surface area contributed by atoms with Crippen molar-refractivity contribution < 1.29 is 13.7 Å². The molecule has 0 unspecified atom stereocenters. The minimum atomic E-state index is -3.06. The lowest BCUT2D eigenvalue weighted by molar-refractivity contribution is -0.387. The largest absolute Gasteiger partial charge is 0.326 e. The number of aromatic nitrogens is 1. The number of pyridine rings is 1. The van der Waals surface area contributed by atoms with Crippen molar-refractivity contribution >= 4 is 17.3 Å². The van der Waals surface area contributed by atoms with E-state index >= 15 is 0 Å². The van der Waals surface area contributed by atoms with E-state index in [1.54, 1.807) is 0 Å².